The number of nitrogens with zero attached hydrogens (tertiary/aromatic N) is 3. The molecule has 0 amide bonds. The maximum atomic E-state index is 12.7. The molecule has 11 fully saturated rings. The third-order valence-electron chi connectivity index (χ3n) is 32.6. The molecular formula is C118H143BBr2Cl6IN3O15. The van der Waals surface area contributed by atoms with Crippen LogP contribution in [0.2, 0.25) is 30.1 Å². The molecule has 3 spiro atoms. The second kappa shape index (κ2) is 52.2. The molecule has 5 heterocycles. The van der Waals surface area contributed by atoms with Crippen LogP contribution in [0.25, 0.3) is 16.7 Å². The number of methoxy groups -OCH3 is 1. The standard InChI is InChI=1S/C30H36ClN3O3.C18H21ClO3.C16H21ClO.C16H19ClO.C14H23BO4.C14H14BrClO2.C6H3BrClI.C4H6O/c1-3-37-30(35)29-28(34(33-32-29)19-21-9-14-25(36-2)15-10-21)17-20-7-11-22(12-8-20)24-13-16-27(31)26(18-24)23-5-4-6-23;19-16-3-2-14(12-15(16)17(20)6-1-7-17)13-4-8-18(9-5-13)21-10-11-22-18;2*17-16-9-6-13(10-15(16)12-2-1-3-12)11-4-7-14(18)8-5-11;1-12(2)13(3,4)19-15(18-12)11-5-7-14(8-6-11)16-9-10-17-14;15-12-9-11(1-2-13(12)16)10-3-5-14(6-4-10)17-7-8-18-14;7-5-3-4(9)1-2-6(5)8;5-4-2-1-3-4/h9-10,13-16,18,20,22-23H,3-8,11-12,17,19H2,1-2H3;2-4,12,20H,1,5-11H2;6,9-12,14,18H,1-5,7-8H2;4,6,9-10,12,14,18H,1-3,5,7-8H2;5H,6-10H2,1-4H3;1-3,9H,4-8H2;1-3H;1-3H2. The van der Waals surface area contributed by atoms with Gasteiger partial charge in [-0.2, -0.15) is 0 Å². The Kier molecular flexibility index (Phi) is 40.5. The maximum absolute atomic E-state index is 12.7. The molecule has 23 rings (SSSR count). The third-order valence-corrected chi connectivity index (χ3v) is 37.1. The van der Waals surface area contributed by atoms with Crippen LogP contribution < -0.4 is 4.74 Å². The molecular weight excluding hydrogens is 2210 g/mol. The SMILES string of the molecule is CC1(C)OB(C2=CCC3(CC2)OCCO3)OC1(C)C.CCOC(=O)c1nnn(Cc2ccc(OC)cc2)c1CC1CCC(c2ccc(Cl)c(C3CCC3)c2)CC1.Clc1ccc(C2=CCC3(CC2)OCCO3)cc1Br.Clc1ccc(I)cc1Br.O=C1CCC1.OC1(c2cc(C3=CCC4(CC3)OCCO4)ccc2Cl)CCC1.OC1CC=C(c2ccc(Cl)c(C3CCC3)c2)CC1.OC1CCC(c2ccc(Cl)c(C3CCC3)c2)CC1. The average Bonchev–Trinajstić information content (AvgIpc) is 1.71. The zero-order valence-corrected chi connectivity index (χ0v) is 95.2. The first-order valence-corrected chi connectivity index (χ1v) is 58.2. The summed E-state index contributed by atoms with van der Waals surface area (Å²) in [7, 11) is 1.44. The normalized spacial score (nSPS) is 23.8. The topological polar surface area (TPSA) is 218 Å². The van der Waals surface area contributed by atoms with E-state index in [4.69, 9.17) is 117 Å². The van der Waals surface area contributed by atoms with Gasteiger partial charge in [-0.05, 0) is 436 Å². The fraction of sp³-hybridized carbons (Fsp3) is 0.542. The van der Waals surface area contributed by atoms with Crippen molar-refractivity contribution in [2.24, 2.45) is 5.92 Å². The second-order valence-corrected chi connectivity index (χ2v) is 48.2. The molecule has 0 bridgehead atoms. The highest BCUT2D eigenvalue weighted by molar-refractivity contribution is 14.1. The minimum absolute atomic E-state index is 0.0698. The highest BCUT2D eigenvalue weighted by atomic mass is 127. The molecule has 4 saturated heterocycles. The van der Waals surface area contributed by atoms with Crippen LogP contribution in [0.15, 0.2) is 172 Å². The summed E-state index contributed by atoms with van der Waals surface area (Å²) in [6.07, 6.45) is 45.8. The maximum Gasteiger partial charge on any atom is 0.490 e. The van der Waals surface area contributed by atoms with E-state index in [2.05, 4.69) is 183 Å². The van der Waals surface area contributed by atoms with E-state index in [1.165, 1.54) is 122 Å². The number of aliphatic hydroxyl groups excluding tert-OH is 2. The van der Waals surface area contributed by atoms with E-state index >= 15 is 0 Å². The molecule has 786 valence electrons. The lowest BCUT2D eigenvalue weighted by atomic mass is 9.71. The summed E-state index contributed by atoms with van der Waals surface area (Å²) in [5.74, 6) is 3.46. The highest BCUT2D eigenvalue weighted by Crippen LogP contribution is 2.52. The van der Waals surface area contributed by atoms with Crippen LogP contribution in [0, 0.1) is 9.49 Å². The van der Waals surface area contributed by atoms with Crippen LogP contribution in [0.4, 0.5) is 0 Å². The van der Waals surface area contributed by atoms with E-state index in [-0.39, 0.29) is 47.9 Å². The predicted octanol–water partition coefficient (Wildman–Crippen LogP) is 31.5. The number of hydrogen-bond acceptors (Lipinski definition) is 17. The zero-order valence-electron chi connectivity index (χ0n) is 85.3. The molecule has 146 heavy (non-hydrogen) atoms. The zero-order chi connectivity index (χ0) is 103. The number of allylic oxidation sites excluding steroid dienone is 4. The Labute approximate surface area is 924 Å². The van der Waals surface area contributed by atoms with Crippen molar-refractivity contribution >= 4 is 160 Å². The van der Waals surface area contributed by atoms with Gasteiger partial charge in [-0.1, -0.05) is 173 Å². The molecule has 11 aliphatic carbocycles. The quantitative estimate of drug-likeness (QED) is 0.0334. The monoisotopic (exact) mass is 2350 g/mol. The van der Waals surface area contributed by atoms with Crippen LogP contribution in [0.5, 0.6) is 5.75 Å². The Hall–Kier alpha value is -5.37. The van der Waals surface area contributed by atoms with Crippen molar-refractivity contribution in [3.63, 3.8) is 0 Å². The minimum atomic E-state index is -0.721. The fourth-order valence-electron chi connectivity index (χ4n) is 21.7. The largest absolute Gasteiger partial charge is 0.497 e. The number of ether oxygens (including phenoxy) is 8. The highest BCUT2D eigenvalue weighted by Gasteiger charge is 2.54. The molecule has 7 saturated carbocycles. The Balaban J connectivity index is 0.000000124. The van der Waals surface area contributed by atoms with Crippen LogP contribution in [-0.2, 0) is 65.8 Å². The predicted molar refractivity (Wildman–Crippen MR) is 600 cm³/mol. The molecule has 8 aromatic rings. The van der Waals surface area contributed by atoms with Crippen molar-refractivity contribution in [1.29, 1.82) is 0 Å². The van der Waals surface area contributed by atoms with Crippen LogP contribution in [-0.4, -0.2) is 143 Å². The number of rotatable bonds is 17. The van der Waals surface area contributed by atoms with Gasteiger partial charge in [0.05, 0.1) is 105 Å². The number of benzene rings is 7. The number of halogens is 9. The van der Waals surface area contributed by atoms with E-state index in [0.717, 1.165) is 249 Å². The lowest BCUT2D eigenvalue weighted by Gasteiger charge is -2.38. The van der Waals surface area contributed by atoms with E-state index in [1.807, 2.05) is 78.3 Å². The van der Waals surface area contributed by atoms with Crippen LogP contribution in [0.3, 0.4) is 0 Å². The Morgan fingerprint density at radius 3 is 1.35 bits per heavy atom. The fourth-order valence-corrected chi connectivity index (χ4v) is 24.7. The van der Waals surface area contributed by atoms with Crippen molar-refractivity contribution in [1.82, 2.24) is 15.0 Å². The first-order chi connectivity index (χ1) is 70.2. The molecule has 1 unspecified atom stereocenters. The summed E-state index contributed by atoms with van der Waals surface area (Å²) in [5.41, 5.74) is 17.8. The third kappa shape index (κ3) is 29.4. The van der Waals surface area contributed by atoms with Gasteiger partial charge >= 0.3 is 13.1 Å². The van der Waals surface area contributed by atoms with Gasteiger partial charge in [-0.15, -0.1) is 5.10 Å². The molecule has 15 aliphatic rings. The van der Waals surface area contributed by atoms with Crippen LogP contribution in [0.1, 0.15) is 361 Å². The van der Waals surface area contributed by atoms with Gasteiger partial charge in [0, 0.05) is 89.5 Å². The van der Waals surface area contributed by atoms with Crippen molar-refractivity contribution in [2.45, 2.75) is 348 Å². The summed E-state index contributed by atoms with van der Waals surface area (Å²) < 4.78 is 62.1. The van der Waals surface area contributed by atoms with Crippen molar-refractivity contribution in [2.75, 3.05) is 53.4 Å². The molecule has 18 nitrogen and oxygen atoms in total. The first kappa shape index (κ1) is 113. The molecule has 1 atom stereocenters. The summed E-state index contributed by atoms with van der Waals surface area (Å²) >= 11 is 46.2. The van der Waals surface area contributed by atoms with Gasteiger partial charge in [-0.3, -0.25) is 4.79 Å². The lowest BCUT2D eigenvalue weighted by Crippen LogP contribution is -2.41. The number of esters is 1. The van der Waals surface area contributed by atoms with Gasteiger partial charge in [0.25, 0.3) is 0 Å². The van der Waals surface area contributed by atoms with Crippen molar-refractivity contribution < 1.29 is 72.1 Å². The number of aromatic nitrogens is 3. The van der Waals surface area contributed by atoms with Crippen LogP contribution >= 0.6 is 124 Å². The number of Topliss-reactive ketones (excluding diaryl/α,β-unsaturated/α-hetero) is 1. The van der Waals surface area contributed by atoms with Gasteiger partial charge in [0.1, 0.15) is 11.5 Å². The molecule has 4 aliphatic heterocycles. The number of aliphatic hydroxyl groups is 3. The summed E-state index contributed by atoms with van der Waals surface area (Å²) in [4.78, 5) is 22.6. The minimum Gasteiger partial charge on any atom is -0.497 e. The summed E-state index contributed by atoms with van der Waals surface area (Å²) in [6.45, 7) is 15.3. The molecule has 1 aromatic heterocycles. The molecule has 7 aromatic carbocycles. The molecule has 3 N–H and O–H groups in total. The molecule has 0 radical (unpaired) electrons. The van der Waals surface area contributed by atoms with E-state index in [9.17, 15) is 24.9 Å². The first-order valence-electron chi connectivity index (χ1n) is 53.3. The van der Waals surface area contributed by atoms with Gasteiger partial charge in [-0.25, -0.2) is 9.48 Å². The van der Waals surface area contributed by atoms with E-state index < -0.39 is 11.6 Å². The lowest BCUT2D eigenvalue weighted by molar-refractivity contribution is -0.161. The number of hydrogen-bond donors (Lipinski definition) is 3. The summed E-state index contributed by atoms with van der Waals surface area (Å²) in [5, 5.41) is 43.3. The summed E-state index contributed by atoms with van der Waals surface area (Å²) in [6, 6.07) is 45.6. The van der Waals surface area contributed by atoms with Gasteiger partial charge < -0.3 is 62.5 Å². The van der Waals surface area contributed by atoms with Crippen molar-refractivity contribution in [3.8, 4) is 5.75 Å². The molecule has 28 heteroatoms. The Morgan fingerprint density at radius 1 is 0.479 bits per heavy atom. The smallest absolute Gasteiger partial charge is 0.490 e. The number of ketones is 1. The average molecular weight is 2350 g/mol. The second-order valence-electron chi connectivity index (χ2n) is 42.8. The van der Waals surface area contributed by atoms with Gasteiger partial charge in [0.15, 0.2) is 23.1 Å². The van der Waals surface area contributed by atoms with E-state index in [1.54, 1.807) is 7.11 Å². The van der Waals surface area contributed by atoms with Crippen molar-refractivity contribution in [3.05, 3.63) is 273 Å². The Bertz CT molecular complexity index is 5860. The van der Waals surface area contributed by atoms with E-state index in [0.29, 0.717) is 91.6 Å². The van der Waals surface area contributed by atoms with Gasteiger partial charge in [0.2, 0.25) is 0 Å². The number of carbonyl (C=O) groups is 2. The Morgan fingerprint density at radius 2 is 0.932 bits per heavy atom. The number of carbonyl (C=O) groups excluding carboxylic acids is 2.